The number of aryl methyl sites for hydroxylation is 2. The van der Waals surface area contributed by atoms with Crippen LogP contribution in [0.4, 0.5) is 11.4 Å². The van der Waals surface area contributed by atoms with Crippen LogP contribution in [0.25, 0.3) is 0 Å². The molecule has 33 heavy (non-hydrogen) atoms. The minimum atomic E-state index is -4.02. The van der Waals surface area contributed by atoms with Gasteiger partial charge in [-0.3, -0.25) is 9.10 Å². The van der Waals surface area contributed by atoms with Gasteiger partial charge in [0.25, 0.3) is 10.0 Å². The Balaban J connectivity index is 2.03. The highest BCUT2D eigenvalue weighted by atomic mass is 32.2. The summed E-state index contributed by atoms with van der Waals surface area (Å²) in [6, 6.07) is 20.9. The molecular formula is C26H30N2O4S. The van der Waals surface area contributed by atoms with Crippen LogP contribution in [0.15, 0.2) is 77.7 Å². The summed E-state index contributed by atoms with van der Waals surface area (Å²) in [4.78, 5) is 13.3. The normalized spacial score (nSPS) is 11.1. The topological polar surface area (TPSA) is 75.7 Å². The molecule has 0 fully saturated rings. The fourth-order valence-corrected chi connectivity index (χ4v) is 5.13. The molecule has 3 aromatic rings. The van der Waals surface area contributed by atoms with E-state index in [-0.39, 0.29) is 11.4 Å². The first-order valence-corrected chi connectivity index (χ1v) is 12.6. The Bertz CT molecular complexity index is 1170. The third kappa shape index (κ3) is 5.54. The van der Waals surface area contributed by atoms with Crippen molar-refractivity contribution in [1.29, 1.82) is 0 Å². The Hall–Kier alpha value is -3.32. The fourth-order valence-electron chi connectivity index (χ4n) is 3.67. The van der Waals surface area contributed by atoms with Crippen LogP contribution < -0.4 is 14.4 Å². The van der Waals surface area contributed by atoms with Gasteiger partial charge in [0.15, 0.2) is 0 Å². The number of para-hydroxylation sites is 3. The van der Waals surface area contributed by atoms with Crippen LogP contribution in [0.3, 0.4) is 0 Å². The first-order valence-electron chi connectivity index (χ1n) is 11.1. The molecule has 0 aliphatic heterocycles. The smallest absolute Gasteiger partial charge is 0.264 e. The van der Waals surface area contributed by atoms with Crippen molar-refractivity contribution in [2.75, 3.05) is 22.8 Å². The van der Waals surface area contributed by atoms with Crippen molar-refractivity contribution in [1.82, 2.24) is 0 Å². The SMILES string of the molecule is CCOc1ccccc1N(CC(=O)Nc1c(CC)cccc1CC)S(=O)(=O)c1ccccc1. The maximum absolute atomic E-state index is 13.6. The van der Waals surface area contributed by atoms with E-state index < -0.39 is 15.9 Å². The monoisotopic (exact) mass is 466 g/mol. The van der Waals surface area contributed by atoms with Gasteiger partial charge >= 0.3 is 0 Å². The predicted octanol–water partition coefficient (Wildman–Crippen LogP) is 5.04. The molecule has 0 unspecified atom stereocenters. The van der Waals surface area contributed by atoms with Crippen LogP contribution in [0, 0.1) is 0 Å². The quantitative estimate of drug-likeness (QED) is 0.454. The standard InChI is InChI=1S/C26H30N2O4S/c1-4-20-13-12-14-21(5-2)26(20)27-25(29)19-28(23-17-10-11-18-24(23)32-6-3)33(30,31)22-15-8-7-9-16-22/h7-18H,4-6,19H2,1-3H3,(H,27,29). The highest BCUT2D eigenvalue weighted by molar-refractivity contribution is 7.92. The lowest BCUT2D eigenvalue weighted by Crippen LogP contribution is -2.38. The fraction of sp³-hybridized carbons (Fsp3) is 0.269. The Morgan fingerprint density at radius 2 is 1.45 bits per heavy atom. The summed E-state index contributed by atoms with van der Waals surface area (Å²) < 4.78 is 34.0. The van der Waals surface area contributed by atoms with Gasteiger partial charge in [-0.05, 0) is 55.2 Å². The largest absolute Gasteiger partial charge is 0.492 e. The Morgan fingerprint density at radius 3 is 2.06 bits per heavy atom. The molecule has 3 aromatic carbocycles. The minimum Gasteiger partial charge on any atom is -0.492 e. The number of benzene rings is 3. The minimum absolute atomic E-state index is 0.104. The Labute approximate surface area is 196 Å². The number of carbonyl (C=O) groups is 1. The molecule has 174 valence electrons. The highest BCUT2D eigenvalue weighted by Gasteiger charge is 2.29. The van der Waals surface area contributed by atoms with E-state index in [2.05, 4.69) is 5.32 Å². The summed E-state index contributed by atoms with van der Waals surface area (Å²) in [5.41, 5.74) is 3.09. The van der Waals surface area contributed by atoms with E-state index in [1.807, 2.05) is 39.0 Å². The number of hydrogen-bond donors (Lipinski definition) is 1. The van der Waals surface area contributed by atoms with Gasteiger partial charge < -0.3 is 10.1 Å². The van der Waals surface area contributed by atoms with Gasteiger partial charge in [0.05, 0.1) is 17.2 Å². The Morgan fingerprint density at radius 1 is 0.848 bits per heavy atom. The van der Waals surface area contributed by atoms with Gasteiger partial charge in [-0.15, -0.1) is 0 Å². The van der Waals surface area contributed by atoms with E-state index >= 15 is 0 Å². The summed E-state index contributed by atoms with van der Waals surface area (Å²) in [6.07, 6.45) is 1.51. The van der Waals surface area contributed by atoms with Crippen LogP contribution in [0.2, 0.25) is 0 Å². The second-order valence-electron chi connectivity index (χ2n) is 7.43. The zero-order valence-corrected chi connectivity index (χ0v) is 20.1. The molecule has 0 atom stereocenters. The zero-order chi connectivity index (χ0) is 23.8. The van der Waals surface area contributed by atoms with E-state index in [4.69, 9.17) is 4.74 Å². The molecule has 0 aromatic heterocycles. The first kappa shape index (κ1) is 24.3. The maximum atomic E-state index is 13.6. The number of sulfonamides is 1. The van der Waals surface area contributed by atoms with Gasteiger partial charge in [0.1, 0.15) is 12.3 Å². The van der Waals surface area contributed by atoms with Gasteiger partial charge in [0, 0.05) is 5.69 Å². The summed E-state index contributed by atoms with van der Waals surface area (Å²) in [5.74, 6) is -0.0214. The number of nitrogens with one attached hydrogen (secondary N) is 1. The van der Waals surface area contributed by atoms with E-state index in [1.54, 1.807) is 42.5 Å². The predicted molar refractivity (Wildman–Crippen MR) is 132 cm³/mol. The van der Waals surface area contributed by atoms with Crippen molar-refractivity contribution >= 4 is 27.3 Å². The number of nitrogens with zero attached hydrogens (tertiary/aromatic N) is 1. The number of amides is 1. The molecule has 0 aliphatic carbocycles. The number of carbonyl (C=O) groups excluding carboxylic acids is 1. The number of rotatable bonds is 10. The molecule has 1 amide bonds. The summed E-state index contributed by atoms with van der Waals surface area (Å²) >= 11 is 0. The van der Waals surface area contributed by atoms with Gasteiger partial charge in [-0.2, -0.15) is 0 Å². The summed E-state index contributed by atoms with van der Waals surface area (Å²) in [7, 11) is -4.02. The molecular weight excluding hydrogens is 436 g/mol. The maximum Gasteiger partial charge on any atom is 0.264 e. The second kappa shape index (κ2) is 11.0. The molecule has 0 saturated heterocycles. The molecule has 0 radical (unpaired) electrons. The molecule has 0 bridgehead atoms. The lowest BCUT2D eigenvalue weighted by molar-refractivity contribution is -0.114. The lowest BCUT2D eigenvalue weighted by atomic mass is 10.0. The van der Waals surface area contributed by atoms with Crippen LogP contribution in [-0.4, -0.2) is 27.5 Å². The number of ether oxygens (including phenoxy) is 1. The average molecular weight is 467 g/mol. The van der Waals surface area contributed by atoms with Crippen LogP contribution in [0.5, 0.6) is 5.75 Å². The zero-order valence-electron chi connectivity index (χ0n) is 19.2. The van der Waals surface area contributed by atoms with E-state index in [1.165, 1.54) is 12.1 Å². The van der Waals surface area contributed by atoms with Crippen molar-refractivity contribution in [3.63, 3.8) is 0 Å². The van der Waals surface area contributed by atoms with E-state index in [0.717, 1.165) is 34.0 Å². The van der Waals surface area contributed by atoms with Crippen molar-refractivity contribution in [3.05, 3.63) is 83.9 Å². The van der Waals surface area contributed by atoms with Gasteiger partial charge in [-0.1, -0.05) is 62.4 Å². The first-order chi connectivity index (χ1) is 15.9. The molecule has 6 nitrogen and oxygen atoms in total. The molecule has 0 saturated carbocycles. The van der Waals surface area contributed by atoms with Crippen molar-refractivity contribution in [2.45, 2.75) is 38.5 Å². The third-order valence-corrected chi connectivity index (χ3v) is 7.09. The van der Waals surface area contributed by atoms with Crippen LogP contribution in [-0.2, 0) is 27.7 Å². The molecule has 3 rings (SSSR count). The molecule has 7 heteroatoms. The molecule has 0 aliphatic rings. The Kier molecular flexibility index (Phi) is 8.11. The third-order valence-electron chi connectivity index (χ3n) is 5.32. The number of hydrogen-bond acceptors (Lipinski definition) is 4. The van der Waals surface area contributed by atoms with Gasteiger partial charge in [-0.25, -0.2) is 8.42 Å². The lowest BCUT2D eigenvalue weighted by Gasteiger charge is -2.26. The van der Waals surface area contributed by atoms with E-state index in [9.17, 15) is 13.2 Å². The van der Waals surface area contributed by atoms with Crippen LogP contribution in [0.1, 0.15) is 31.9 Å². The molecule has 0 heterocycles. The van der Waals surface area contributed by atoms with Gasteiger partial charge in [0.2, 0.25) is 5.91 Å². The van der Waals surface area contributed by atoms with Crippen molar-refractivity contribution in [3.8, 4) is 5.75 Å². The molecule has 1 N–H and O–H groups in total. The van der Waals surface area contributed by atoms with Crippen molar-refractivity contribution < 1.29 is 17.9 Å². The summed E-state index contributed by atoms with van der Waals surface area (Å²) in [5, 5.41) is 2.97. The molecule has 0 spiro atoms. The van der Waals surface area contributed by atoms with Crippen molar-refractivity contribution in [2.24, 2.45) is 0 Å². The van der Waals surface area contributed by atoms with Crippen LogP contribution >= 0.6 is 0 Å². The highest BCUT2D eigenvalue weighted by Crippen LogP contribution is 2.32. The van der Waals surface area contributed by atoms with E-state index in [0.29, 0.717) is 18.0 Å². The number of anilines is 2. The summed E-state index contributed by atoms with van der Waals surface area (Å²) in [6.45, 7) is 5.85. The average Bonchev–Trinajstić information content (AvgIpc) is 2.84. The second-order valence-corrected chi connectivity index (χ2v) is 9.29.